The molecule has 1 saturated carbocycles. The standard InChI is InChI=1S/C17H22N2/c1-13-7-9-14(10-8-13)12-19-17-6-2-5-16-15(17)4-3-11-18-16/h2-6,11,13-14,19H,7-10,12H2,1H3. The van der Waals surface area contributed by atoms with Crippen LogP contribution in [0.4, 0.5) is 5.69 Å². The molecule has 0 unspecified atom stereocenters. The van der Waals surface area contributed by atoms with Gasteiger partial charge in [0.2, 0.25) is 0 Å². The summed E-state index contributed by atoms with van der Waals surface area (Å²) in [5.41, 5.74) is 2.30. The second-order valence-corrected chi connectivity index (χ2v) is 5.88. The lowest BCUT2D eigenvalue weighted by molar-refractivity contribution is 0.300. The van der Waals surface area contributed by atoms with Gasteiger partial charge in [-0.05, 0) is 48.9 Å². The Labute approximate surface area is 115 Å². The molecule has 2 nitrogen and oxygen atoms in total. The van der Waals surface area contributed by atoms with E-state index in [4.69, 9.17) is 0 Å². The van der Waals surface area contributed by atoms with Crippen LogP contribution in [0.5, 0.6) is 0 Å². The van der Waals surface area contributed by atoms with E-state index >= 15 is 0 Å². The van der Waals surface area contributed by atoms with Crippen LogP contribution in [0, 0.1) is 11.8 Å². The summed E-state index contributed by atoms with van der Waals surface area (Å²) in [5.74, 6) is 1.76. The number of fused-ring (bicyclic) bond motifs is 1. The summed E-state index contributed by atoms with van der Waals surface area (Å²) in [4.78, 5) is 4.41. The average molecular weight is 254 g/mol. The van der Waals surface area contributed by atoms with Crippen LogP contribution in [-0.2, 0) is 0 Å². The highest BCUT2D eigenvalue weighted by molar-refractivity contribution is 5.91. The Hall–Kier alpha value is -1.57. The van der Waals surface area contributed by atoms with Crippen molar-refractivity contribution in [3.05, 3.63) is 36.5 Å². The summed E-state index contributed by atoms with van der Waals surface area (Å²) in [5, 5.41) is 4.86. The van der Waals surface area contributed by atoms with Crippen molar-refractivity contribution in [2.75, 3.05) is 11.9 Å². The predicted octanol–water partition coefficient (Wildman–Crippen LogP) is 4.47. The fourth-order valence-corrected chi connectivity index (χ4v) is 3.05. The quantitative estimate of drug-likeness (QED) is 0.874. The number of anilines is 1. The van der Waals surface area contributed by atoms with Gasteiger partial charge in [0.05, 0.1) is 5.52 Å². The number of hydrogen-bond donors (Lipinski definition) is 1. The third kappa shape index (κ3) is 2.89. The number of pyridine rings is 1. The molecule has 1 aliphatic carbocycles. The molecule has 1 aliphatic rings. The third-order valence-corrected chi connectivity index (χ3v) is 4.36. The normalized spacial score (nSPS) is 23.4. The Bertz CT molecular complexity index is 536. The van der Waals surface area contributed by atoms with Gasteiger partial charge in [0.15, 0.2) is 0 Å². The molecule has 3 rings (SSSR count). The first-order valence-electron chi connectivity index (χ1n) is 7.40. The van der Waals surface area contributed by atoms with Gasteiger partial charge in [-0.25, -0.2) is 0 Å². The number of benzene rings is 1. The minimum Gasteiger partial charge on any atom is -0.384 e. The van der Waals surface area contributed by atoms with Gasteiger partial charge in [-0.2, -0.15) is 0 Å². The summed E-state index contributed by atoms with van der Waals surface area (Å²) in [6.07, 6.45) is 7.38. The van der Waals surface area contributed by atoms with Crippen molar-refractivity contribution in [3.63, 3.8) is 0 Å². The lowest BCUT2D eigenvalue weighted by atomic mass is 9.83. The molecule has 1 N–H and O–H groups in total. The first-order chi connectivity index (χ1) is 9.33. The van der Waals surface area contributed by atoms with Crippen LogP contribution in [0.15, 0.2) is 36.5 Å². The molecule has 1 aromatic heterocycles. The van der Waals surface area contributed by atoms with Crippen LogP contribution in [0.25, 0.3) is 10.9 Å². The Morgan fingerprint density at radius 1 is 1.11 bits per heavy atom. The molecule has 2 aromatic rings. The van der Waals surface area contributed by atoms with Crippen LogP contribution in [0.3, 0.4) is 0 Å². The largest absolute Gasteiger partial charge is 0.384 e. The van der Waals surface area contributed by atoms with E-state index in [1.807, 2.05) is 12.3 Å². The van der Waals surface area contributed by atoms with E-state index in [9.17, 15) is 0 Å². The van der Waals surface area contributed by atoms with Gasteiger partial charge >= 0.3 is 0 Å². The molecule has 0 atom stereocenters. The van der Waals surface area contributed by atoms with Crippen molar-refractivity contribution in [2.24, 2.45) is 11.8 Å². The monoisotopic (exact) mass is 254 g/mol. The Kier molecular flexibility index (Phi) is 3.67. The van der Waals surface area contributed by atoms with Crippen LogP contribution in [-0.4, -0.2) is 11.5 Å². The molecule has 1 aromatic carbocycles. The molecule has 0 bridgehead atoms. The van der Waals surface area contributed by atoms with E-state index in [1.165, 1.54) is 36.8 Å². The van der Waals surface area contributed by atoms with Gasteiger partial charge in [0, 0.05) is 23.8 Å². The number of nitrogens with zero attached hydrogens (tertiary/aromatic N) is 1. The molecule has 1 fully saturated rings. The maximum Gasteiger partial charge on any atom is 0.0722 e. The average Bonchev–Trinajstić information content (AvgIpc) is 2.47. The maximum atomic E-state index is 4.41. The maximum absolute atomic E-state index is 4.41. The van der Waals surface area contributed by atoms with E-state index in [0.29, 0.717) is 0 Å². The third-order valence-electron chi connectivity index (χ3n) is 4.36. The number of nitrogens with one attached hydrogen (secondary N) is 1. The van der Waals surface area contributed by atoms with Gasteiger partial charge in [-0.15, -0.1) is 0 Å². The zero-order chi connectivity index (χ0) is 13.1. The van der Waals surface area contributed by atoms with E-state index in [0.717, 1.165) is 23.9 Å². The highest BCUT2D eigenvalue weighted by Crippen LogP contribution is 2.29. The number of rotatable bonds is 3. The van der Waals surface area contributed by atoms with Crippen molar-refractivity contribution in [1.82, 2.24) is 4.98 Å². The lowest BCUT2D eigenvalue weighted by Crippen LogP contribution is -2.20. The van der Waals surface area contributed by atoms with E-state index in [-0.39, 0.29) is 0 Å². The molecular formula is C17H22N2. The smallest absolute Gasteiger partial charge is 0.0722 e. The van der Waals surface area contributed by atoms with Gasteiger partial charge in [0.25, 0.3) is 0 Å². The van der Waals surface area contributed by atoms with E-state index in [2.05, 4.69) is 41.5 Å². The summed E-state index contributed by atoms with van der Waals surface area (Å²) >= 11 is 0. The van der Waals surface area contributed by atoms with Crippen molar-refractivity contribution < 1.29 is 0 Å². The lowest BCUT2D eigenvalue weighted by Gasteiger charge is -2.26. The molecule has 2 heteroatoms. The SMILES string of the molecule is CC1CCC(CNc2cccc3ncccc23)CC1. The molecule has 1 heterocycles. The summed E-state index contributed by atoms with van der Waals surface area (Å²) < 4.78 is 0. The summed E-state index contributed by atoms with van der Waals surface area (Å²) in [6, 6.07) is 10.5. The first kappa shape index (κ1) is 12.5. The highest BCUT2D eigenvalue weighted by atomic mass is 14.9. The topological polar surface area (TPSA) is 24.9 Å². The Morgan fingerprint density at radius 3 is 2.79 bits per heavy atom. The molecule has 0 radical (unpaired) electrons. The van der Waals surface area contributed by atoms with E-state index in [1.54, 1.807) is 0 Å². The second-order valence-electron chi connectivity index (χ2n) is 5.88. The zero-order valence-corrected chi connectivity index (χ0v) is 11.6. The van der Waals surface area contributed by atoms with Crippen molar-refractivity contribution in [2.45, 2.75) is 32.6 Å². The van der Waals surface area contributed by atoms with Gasteiger partial charge < -0.3 is 5.32 Å². The fourth-order valence-electron chi connectivity index (χ4n) is 3.05. The molecule has 0 spiro atoms. The Morgan fingerprint density at radius 2 is 1.95 bits per heavy atom. The van der Waals surface area contributed by atoms with Crippen molar-refractivity contribution in [3.8, 4) is 0 Å². The summed E-state index contributed by atoms with van der Waals surface area (Å²) in [6.45, 7) is 3.47. The van der Waals surface area contributed by atoms with Gasteiger partial charge in [-0.3, -0.25) is 4.98 Å². The van der Waals surface area contributed by atoms with Crippen molar-refractivity contribution >= 4 is 16.6 Å². The first-order valence-corrected chi connectivity index (χ1v) is 7.40. The summed E-state index contributed by atoms with van der Waals surface area (Å²) in [7, 11) is 0. The molecular weight excluding hydrogens is 232 g/mol. The van der Waals surface area contributed by atoms with Gasteiger partial charge in [-0.1, -0.05) is 25.8 Å². The van der Waals surface area contributed by atoms with Gasteiger partial charge in [0.1, 0.15) is 0 Å². The highest BCUT2D eigenvalue weighted by Gasteiger charge is 2.17. The fraction of sp³-hybridized carbons (Fsp3) is 0.471. The number of aromatic nitrogens is 1. The van der Waals surface area contributed by atoms with Crippen LogP contribution < -0.4 is 5.32 Å². The molecule has 100 valence electrons. The second kappa shape index (κ2) is 5.60. The molecule has 0 aliphatic heterocycles. The zero-order valence-electron chi connectivity index (χ0n) is 11.6. The molecule has 0 amide bonds. The minimum atomic E-state index is 0.836. The van der Waals surface area contributed by atoms with E-state index < -0.39 is 0 Å². The van der Waals surface area contributed by atoms with Crippen LogP contribution >= 0.6 is 0 Å². The molecule has 19 heavy (non-hydrogen) atoms. The van der Waals surface area contributed by atoms with Crippen molar-refractivity contribution in [1.29, 1.82) is 0 Å². The molecule has 0 saturated heterocycles. The Balaban J connectivity index is 1.68. The van der Waals surface area contributed by atoms with Crippen LogP contribution in [0.1, 0.15) is 32.6 Å². The minimum absolute atomic E-state index is 0.836. The number of hydrogen-bond acceptors (Lipinski definition) is 2. The predicted molar refractivity (Wildman–Crippen MR) is 81.4 cm³/mol. The van der Waals surface area contributed by atoms with Crippen LogP contribution in [0.2, 0.25) is 0 Å².